The van der Waals surface area contributed by atoms with Crippen LogP contribution in [0.4, 0.5) is 0 Å². The van der Waals surface area contributed by atoms with Crippen LogP contribution in [0.2, 0.25) is 0 Å². The number of fused-ring (bicyclic) bond motifs is 7. The summed E-state index contributed by atoms with van der Waals surface area (Å²) in [7, 11) is 0. The molecule has 0 spiro atoms. The number of phenols is 1. The van der Waals surface area contributed by atoms with E-state index in [1.807, 2.05) is 0 Å². The molecule has 2 saturated carbocycles. The zero-order valence-electron chi connectivity index (χ0n) is 13.4. The highest BCUT2D eigenvalue weighted by Crippen LogP contribution is 2.62. The Morgan fingerprint density at radius 2 is 1.86 bits per heavy atom. The van der Waals surface area contributed by atoms with Crippen molar-refractivity contribution in [3.05, 3.63) is 28.3 Å². The van der Waals surface area contributed by atoms with Crippen LogP contribution >= 0.6 is 0 Å². The van der Waals surface area contributed by atoms with E-state index in [0.717, 1.165) is 25.2 Å². The van der Waals surface area contributed by atoms with Gasteiger partial charge in [0.2, 0.25) is 0 Å². The molecule has 0 unspecified atom stereocenters. The van der Waals surface area contributed by atoms with Gasteiger partial charge in [0.15, 0.2) is 0 Å². The maximum atomic E-state index is 10.5. The largest absolute Gasteiger partial charge is 0.508 e. The van der Waals surface area contributed by atoms with Gasteiger partial charge < -0.3 is 10.2 Å². The first-order valence-electron chi connectivity index (χ1n) is 9.14. The molecule has 2 fully saturated rings. The summed E-state index contributed by atoms with van der Waals surface area (Å²) in [5.41, 5.74) is 5.95. The van der Waals surface area contributed by atoms with E-state index >= 15 is 0 Å². The Balaban J connectivity index is 1.59. The maximum absolute atomic E-state index is 10.5. The maximum Gasteiger partial charge on any atom is 0.119 e. The minimum atomic E-state index is -0.0809. The zero-order chi connectivity index (χ0) is 15.1. The third kappa shape index (κ3) is 1.50. The number of hydrogen-bond donors (Lipinski definition) is 2. The Hall–Kier alpha value is -1.02. The molecule has 0 heterocycles. The zero-order valence-corrected chi connectivity index (χ0v) is 13.4. The van der Waals surface area contributed by atoms with Crippen LogP contribution in [0.15, 0.2) is 6.07 Å². The molecule has 4 aliphatic rings. The highest BCUT2D eigenvalue weighted by atomic mass is 16.3. The standard InChI is InChI=1S/C20H26O2/c1-20-9-8-15-12(16(20)6-7-18(20)22)3-2-11-10-17(21)13-4-5-14(13)19(11)15/h10,12,15-16,18,21-22H,2-9H2,1H3/t12-,15+,16+,18-,20+/m1/s1. The number of hydrogen-bond acceptors (Lipinski definition) is 2. The first-order chi connectivity index (χ1) is 10.6. The SMILES string of the molecule is C[C@]12CC[C@@H]3c4c(cc(O)c5c4CC5)CC[C@H]3[C@@H]1CC[C@H]2O. The van der Waals surface area contributed by atoms with Crippen LogP contribution in [0.3, 0.4) is 0 Å². The molecule has 5 rings (SSSR count). The molecule has 1 aromatic rings. The number of aromatic hydroxyl groups is 1. The Kier molecular flexibility index (Phi) is 2.61. The molecule has 5 atom stereocenters. The van der Waals surface area contributed by atoms with E-state index in [9.17, 15) is 10.2 Å². The molecule has 22 heavy (non-hydrogen) atoms. The quantitative estimate of drug-likeness (QED) is 0.766. The number of rotatable bonds is 0. The number of aryl methyl sites for hydroxylation is 1. The predicted molar refractivity (Wildman–Crippen MR) is 86.1 cm³/mol. The molecular weight excluding hydrogens is 272 g/mol. The molecule has 0 saturated heterocycles. The van der Waals surface area contributed by atoms with Crippen LogP contribution in [0.1, 0.15) is 67.2 Å². The van der Waals surface area contributed by atoms with Crippen molar-refractivity contribution in [2.24, 2.45) is 17.3 Å². The summed E-state index contributed by atoms with van der Waals surface area (Å²) in [5, 5.41) is 20.7. The second kappa shape index (κ2) is 4.29. The van der Waals surface area contributed by atoms with Crippen molar-refractivity contribution in [3.8, 4) is 5.75 Å². The van der Waals surface area contributed by atoms with Crippen molar-refractivity contribution in [2.75, 3.05) is 0 Å². The number of phenolic OH excluding ortho intramolecular Hbond substituents is 1. The van der Waals surface area contributed by atoms with E-state index in [0.29, 0.717) is 17.6 Å². The third-order valence-corrected chi connectivity index (χ3v) is 7.79. The monoisotopic (exact) mass is 298 g/mol. The molecule has 4 aliphatic carbocycles. The summed E-state index contributed by atoms with van der Waals surface area (Å²) in [6, 6.07) is 2.07. The molecule has 2 N–H and O–H groups in total. The van der Waals surface area contributed by atoms with Crippen LogP contribution in [0.5, 0.6) is 5.75 Å². The average molecular weight is 298 g/mol. The summed E-state index contributed by atoms with van der Waals surface area (Å²) >= 11 is 0. The Bertz CT molecular complexity index is 650. The van der Waals surface area contributed by atoms with E-state index in [1.165, 1.54) is 48.8 Å². The molecule has 0 amide bonds. The second-order valence-corrected chi connectivity index (χ2v) is 8.48. The van der Waals surface area contributed by atoms with E-state index in [-0.39, 0.29) is 11.5 Å². The summed E-state index contributed by atoms with van der Waals surface area (Å²) in [6.07, 6.45) is 9.16. The van der Waals surface area contributed by atoms with Crippen LogP contribution < -0.4 is 0 Å². The number of benzene rings is 1. The van der Waals surface area contributed by atoms with Gasteiger partial charge in [-0.15, -0.1) is 0 Å². The molecule has 0 aromatic heterocycles. The lowest BCUT2D eigenvalue weighted by molar-refractivity contribution is -0.0228. The predicted octanol–water partition coefficient (Wildman–Crippen LogP) is 3.71. The molecule has 0 bridgehead atoms. The van der Waals surface area contributed by atoms with Crippen molar-refractivity contribution >= 4 is 0 Å². The van der Waals surface area contributed by atoms with Gasteiger partial charge in [0, 0.05) is 0 Å². The highest BCUT2D eigenvalue weighted by Gasteiger charge is 2.54. The van der Waals surface area contributed by atoms with Crippen molar-refractivity contribution in [1.29, 1.82) is 0 Å². The van der Waals surface area contributed by atoms with Crippen molar-refractivity contribution in [1.82, 2.24) is 0 Å². The lowest BCUT2D eigenvalue weighted by Gasteiger charge is -2.51. The van der Waals surface area contributed by atoms with Crippen LogP contribution in [-0.4, -0.2) is 16.3 Å². The van der Waals surface area contributed by atoms with E-state index < -0.39 is 0 Å². The van der Waals surface area contributed by atoms with Gasteiger partial charge in [-0.1, -0.05) is 6.92 Å². The van der Waals surface area contributed by atoms with E-state index in [4.69, 9.17) is 0 Å². The lowest BCUT2D eigenvalue weighted by Crippen LogP contribution is -2.44. The number of aliphatic hydroxyl groups is 1. The fourth-order valence-electron chi connectivity index (χ4n) is 6.49. The van der Waals surface area contributed by atoms with Gasteiger partial charge in [0.1, 0.15) is 5.75 Å². The molecular formula is C20H26O2. The average Bonchev–Trinajstić information content (AvgIpc) is 2.75. The first kappa shape index (κ1) is 13.4. The van der Waals surface area contributed by atoms with Gasteiger partial charge in [0.05, 0.1) is 6.10 Å². The van der Waals surface area contributed by atoms with Crippen molar-refractivity contribution in [2.45, 2.75) is 70.3 Å². The summed E-state index contributed by atoms with van der Waals surface area (Å²) in [5.74, 6) is 2.72. The lowest BCUT2D eigenvalue weighted by atomic mass is 9.54. The normalized spacial score (nSPS) is 41.9. The van der Waals surface area contributed by atoms with Crippen LogP contribution in [0, 0.1) is 17.3 Å². The van der Waals surface area contributed by atoms with Crippen molar-refractivity contribution in [3.63, 3.8) is 0 Å². The van der Waals surface area contributed by atoms with Gasteiger partial charge in [-0.3, -0.25) is 0 Å². The van der Waals surface area contributed by atoms with E-state index in [1.54, 1.807) is 5.56 Å². The smallest absolute Gasteiger partial charge is 0.119 e. The first-order valence-corrected chi connectivity index (χ1v) is 9.14. The fraction of sp³-hybridized carbons (Fsp3) is 0.700. The topological polar surface area (TPSA) is 40.5 Å². The minimum Gasteiger partial charge on any atom is -0.508 e. The molecule has 0 radical (unpaired) electrons. The fourth-order valence-corrected chi connectivity index (χ4v) is 6.49. The van der Waals surface area contributed by atoms with Gasteiger partial charge in [-0.2, -0.15) is 0 Å². The number of aliphatic hydroxyl groups excluding tert-OH is 1. The van der Waals surface area contributed by atoms with Gasteiger partial charge in [-0.25, -0.2) is 0 Å². The Labute approximate surface area is 132 Å². The Morgan fingerprint density at radius 3 is 2.64 bits per heavy atom. The molecule has 1 aromatic carbocycles. The van der Waals surface area contributed by atoms with Crippen LogP contribution in [-0.2, 0) is 19.3 Å². The summed E-state index contributed by atoms with van der Waals surface area (Å²) < 4.78 is 0. The second-order valence-electron chi connectivity index (χ2n) is 8.48. The molecule has 2 nitrogen and oxygen atoms in total. The van der Waals surface area contributed by atoms with Gasteiger partial charge >= 0.3 is 0 Å². The van der Waals surface area contributed by atoms with E-state index in [2.05, 4.69) is 13.0 Å². The minimum absolute atomic E-state index is 0.0809. The third-order valence-electron chi connectivity index (χ3n) is 7.79. The highest BCUT2D eigenvalue weighted by molar-refractivity contribution is 5.56. The van der Waals surface area contributed by atoms with Gasteiger partial charge in [-0.05, 0) is 103 Å². The molecule has 0 aliphatic heterocycles. The van der Waals surface area contributed by atoms with Crippen molar-refractivity contribution < 1.29 is 10.2 Å². The molecule has 118 valence electrons. The van der Waals surface area contributed by atoms with Crippen LogP contribution in [0.25, 0.3) is 0 Å². The Morgan fingerprint density at radius 1 is 1.05 bits per heavy atom. The summed E-state index contributed by atoms with van der Waals surface area (Å²) in [4.78, 5) is 0. The molecule has 2 heteroatoms. The van der Waals surface area contributed by atoms with Gasteiger partial charge in [0.25, 0.3) is 0 Å². The summed E-state index contributed by atoms with van der Waals surface area (Å²) in [6.45, 7) is 2.34.